The number of methoxy groups -OCH3 is 1. The number of anilines is 1. The van der Waals surface area contributed by atoms with Crippen molar-refractivity contribution >= 4 is 52.3 Å². The second-order valence-electron chi connectivity index (χ2n) is 7.58. The van der Waals surface area contributed by atoms with Crippen LogP contribution in [0.2, 0.25) is 15.1 Å². The SMILES string of the molecule is COc1cc(C(=O)Nc2c(Cl)cc(C#N)cc2C(=O)NC(C)(C)C#N)n(-c2ncc(Cl)cc2Cl)n1. The third-order valence-corrected chi connectivity index (χ3v) is 5.31. The third-order valence-electron chi connectivity index (χ3n) is 4.53. The van der Waals surface area contributed by atoms with Crippen LogP contribution in [0, 0.1) is 22.7 Å². The Bertz CT molecular complexity index is 1420. The van der Waals surface area contributed by atoms with E-state index in [2.05, 4.69) is 20.7 Å². The molecule has 0 saturated heterocycles. The molecule has 0 atom stereocenters. The van der Waals surface area contributed by atoms with Crippen LogP contribution >= 0.6 is 34.8 Å². The van der Waals surface area contributed by atoms with Crippen molar-refractivity contribution in [1.82, 2.24) is 20.1 Å². The van der Waals surface area contributed by atoms with Gasteiger partial charge < -0.3 is 15.4 Å². The van der Waals surface area contributed by atoms with Crippen molar-refractivity contribution in [1.29, 1.82) is 10.5 Å². The number of amides is 2. The third kappa shape index (κ3) is 5.64. The zero-order valence-corrected chi connectivity index (χ0v) is 20.7. The van der Waals surface area contributed by atoms with E-state index in [1.807, 2.05) is 12.1 Å². The number of hydrogen-bond acceptors (Lipinski definition) is 7. The van der Waals surface area contributed by atoms with Crippen LogP contribution in [0.25, 0.3) is 5.82 Å². The summed E-state index contributed by atoms with van der Waals surface area (Å²) in [5.41, 5.74) is -1.40. The monoisotopic (exact) mass is 531 g/mol. The van der Waals surface area contributed by atoms with Crippen LogP contribution in [0.4, 0.5) is 5.69 Å². The molecule has 0 saturated carbocycles. The lowest BCUT2D eigenvalue weighted by Crippen LogP contribution is -2.42. The van der Waals surface area contributed by atoms with Gasteiger partial charge >= 0.3 is 0 Å². The van der Waals surface area contributed by atoms with Gasteiger partial charge in [-0.2, -0.15) is 10.5 Å². The molecule has 10 nitrogen and oxygen atoms in total. The second-order valence-corrected chi connectivity index (χ2v) is 8.83. The highest BCUT2D eigenvalue weighted by Gasteiger charge is 2.26. The Hall–Kier alpha value is -3.83. The van der Waals surface area contributed by atoms with E-state index < -0.39 is 17.4 Å². The maximum atomic E-state index is 13.3. The molecule has 2 N–H and O–H groups in total. The number of rotatable bonds is 6. The average molecular weight is 533 g/mol. The maximum absolute atomic E-state index is 13.3. The highest BCUT2D eigenvalue weighted by atomic mass is 35.5. The number of nitrogens with zero attached hydrogens (tertiary/aromatic N) is 5. The van der Waals surface area contributed by atoms with Gasteiger partial charge in [-0.1, -0.05) is 34.8 Å². The summed E-state index contributed by atoms with van der Waals surface area (Å²) in [7, 11) is 1.36. The summed E-state index contributed by atoms with van der Waals surface area (Å²) >= 11 is 18.5. The molecule has 178 valence electrons. The second kappa shape index (κ2) is 10.2. The summed E-state index contributed by atoms with van der Waals surface area (Å²) in [6.07, 6.45) is 1.33. The molecule has 0 unspecified atom stereocenters. The number of pyridine rings is 1. The number of benzene rings is 1. The first-order valence-electron chi connectivity index (χ1n) is 9.74. The molecular formula is C22H16Cl3N7O3. The van der Waals surface area contributed by atoms with Gasteiger partial charge in [0.25, 0.3) is 11.8 Å². The Labute approximate surface area is 215 Å². The minimum Gasteiger partial charge on any atom is -0.480 e. The van der Waals surface area contributed by atoms with Crippen molar-refractivity contribution < 1.29 is 14.3 Å². The molecule has 13 heteroatoms. The number of aromatic nitrogens is 3. The van der Waals surface area contributed by atoms with Crippen molar-refractivity contribution in [2.24, 2.45) is 0 Å². The van der Waals surface area contributed by atoms with Crippen molar-refractivity contribution in [2.45, 2.75) is 19.4 Å². The molecule has 1 aromatic carbocycles. The fourth-order valence-corrected chi connectivity index (χ4v) is 3.61. The Balaban J connectivity index is 2.08. The van der Waals surface area contributed by atoms with Gasteiger partial charge in [0.05, 0.1) is 51.1 Å². The summed E-state index contributed by atoms with van der Waals surface area (Å²) < 4.78 is 6.28. The van der Waals surface area contributed by atoms with E-state index in [0.29, 0.717) is 0 Å². The van der Waals surface area contributed by atoms with Crippen molar-refractivity contribution in [3.8, 4) is 23.8 Å². The van der Waals surface area contributed by atoms with E-state index in [1.54, 1.807) is 0 Å². The predicted molar refractivity (Wildman–Crippen MR) is 129 cm³/mol. The molecule has 2 heterocycles. The van der Waals surface area contributed by atoms with Gasteiger partial charge in [0.1, 0.15) is 11.2 Å². The normalized spacial score (nSPS) is 10.7. The fraction of sp³-hybridized carbons (Fsp3) is 0.182. The molecular weight excluding hydrogens is 517 g/mol. The molecule has 0 fully saturated rings. The highest BCUT2D eigenvalue weighted by Crippen LogP contribution is 2.30. The summed E-state index contributed by atoms with van der Waals surface area (Å²) in [6.45, 7) is 2.99. The van der Waals surface area contributed by atoms with E-state index in [0.717, 1.165) is 4.68 Å². The standard InChI is InChI=1S/C22H16Cl3N7O3/c1-22(2,10-27)30-20(33)13-4-11(8-26)5-14(24)18(13)29-21(34)16-7-17(35-3)31-32(16)19-15(25)6-12(23)9-28-19/h4-7,9H,1-3H3,(H,29,34)(H,30,33). The Morgan fingerprint density at radius 2 is 1.80 bits per heavy atom. The maximum Gasteiger partial charge on any atom is 0.274 e. The predicted octanol–water partition coefficient (Wildman–Crippen LogP) is 4.39. The first-order chi connectivity index (χ1) is 16.5. The molecule has 35 heavy (non-hydrogen) atoms. The van der Waals surface area contributed by atoms with Gasteiger partial charge in [-0.25, -0.2) is 9.67 Å². The minimum absolute atomic E-state index is 0.0530. The molecule has 0 aliphatic carbocycles. The fourth-order valence-electron chi connectivity index (χ4n) is 2.88. The van der Waals surface area contributed by atoms with Crippen molar-refractivity contribution in [3.63, 3.8) is 0 Å². The van der Waals surface area contributed by atoms with E-state index in [9.17, 15) is 20.1 Å². The number of nitrogens with one attached hydrogen (secondary N) is 2. The molecule has 0 radical (unpaired) electrons. The van der Waals surface area contributed by atoms with Gasteiger partial charge in [-0.3, -0.25) is 9.59 Å². The lowest BCUT2D eigenvalue weighted by Gasteiger charge is -2.20. The van der Waals surface area contributed by atoms with Gasteiger partial charge in [0.2, 0.25) is 5.88 Å². The van der Waals surface area contributed by atoms with Crippen LogP contribution in [-0.4, -0.2) is 39.2 Å². The van der Waals surface area contributed by atoms with E-state index >= 15 is 0 Å². The summed E-state index contributed by atoms with van der Waals surface area (Å²) in [4.78, 5) is 30.4. The first kappa shape index (κ1) is 25.8. The molecule has 2 aromatic heterocycles. The molecule has 0 aliphatic rings. The zero-order chi connectivity index (χ0) is 25.9. The Morgan fingerprint density at radius 1 is 1.09 bits per heavy atom. The van der Waals surface area contributed by atoms with Crippen LogP contribution in [-0.2, 0) is 0 Å². The molecule has 0 spiro atoms. The van der Waals surface area contributed by atoms with E-state index in [-0.39, 0.29) is 49.3 Å². The molecule has 0 bridgehead atoms. The molecule has 3 rings (SSSR count). The summed E-state index contributed by atoms with van der Waals surface area (Å²) in [6, 6.07) is 9.14. The van der Waals surface area contributed by atoms with Crippen LogP contribution in [0.3, 0.4) is 0 Å². The lowest BCUT2D eigenvalue weighted by molar-refractivity contribution is 0.0930. The summed E-state index contributed by atoms with van der Waals surface area (Å²) in [5.74, 6) is -1.28. The number of halogens is 3. The van der Waals surface area contributed by atoms with Gasteiger partial charge in [0.15, 0.2) is 5.82 Å². The number of hydrogen-bond donors (Lipinski definition) is 2. The quantitative estimate of drug-likeness (QED) is 0.478. The molecule has 2 amide bonds. The van der Waals surface area contributed by atoms with Crippen LogP contribution in [0.1, 0.15) is 40.3 Å². The average Bonchev–Trinajstić information content (AvgIpc) is 3.24. The molecule has 3 aromatic rings. The van der Waals surface area contributed by atoms with Crippen LogP contribution < -0.4 is 15.4 Å². The number of carbonyl (C=O) groups excluding carboxylic acids is 2. The van der Waals surface area contributed by atoms with Gasteiger partial charge in [-0.15, -0.1) is 5.10 Å². The van der Waals surface area contributed by atoms with Crippen LogP contribution in [0.5, 0.6) is 5.88 Å². The Morgan fingerprint density at radius 3 is 2.40 bits per heavy atom. The zero-order valence-electron chi connectivity index (χ0n) is 18.5. The van der Waals surface area contributed by atoms with Crippen LogP contribution in [0.15, 0.2) is 30.5 Å². The smallest absolute Gasteiger partial charge is 0.274 e. The Kier molecular flexibility index (Phi) is 7.51. The minimum atomic E-state index is -1.23. The largest absolute Gasteiger partial charge is 0.480 e. The lowest BCUT2D eigenvalue weighted by atomic mass is 10.0. The van der Waals surface area contributed by atoms with Gasteiger partial charge in [0, 0.05) is 12.3 Å². The topological polar surface area (TPSA) is 146 Å². The molecule has 0 aliphatic heterocycles. The first-order valence-corrected chi connectivity index (χ1v) is 10.9. The number of nitriles is 2. The van der Waals surface area contributed by atoms with Crippen molar-refractivity contribution in [2.75, 3.05) is 12.4 Å². The van der Waals surface area contributed by atoms with Crippen molar-refractivity contribution in [3.05, 3.63) is 62.4 Å². The highest BCUT2D eigenvalue weighted by molar-refractivity contribution is 6.36. The van der Waals surface area contributed by atoms with E-state index in [1.165, 1.54) is 51.4 Å². The van der Waals surface area contributed by atoms with Gasteiger partial charge in [-0.05, 0) is 32.0 Å². The van der Waals surface area contributed by atoms with E-state index in [4.69, 9.17) is 39.5 Å². The summed E-state index contributed by atoms with van der Waals surface area (Å²) in [5, 5.41) is 28.1. The number of carbonyl (C=O) groups is 2. The number of ether oxygens (including phenoxy) is 1.